The minimum Gasteiger partial charge on any atom is -0.496 e. The van der Waals surface area contributed by atoms with E-state index in [2.05, 4.69) is 9.78 Å². The minimum atomic E-state index is -0.970. The second-order valence-electron chi connectivity index (χ2n) is 4.55. The van der Waals surface area contributed by atoms with Crippen LogP contribution in [0.25, 0.3) is 0 Å². The first-order valence-corrected chi connectivity index (χ1v) is 7.24. The van der Waals surface area contributed by atoms with Gasteiger partial charge in [0.15, 0.2) is 0 Å². The van der Waals surface area contributed by atoms with Crippen molar-refractivity contribution in [2.24, 2.45) is 0 Å². The number of hydrogen-bond donors (Lipinski definition) is 1. The summed E-state index contributed by atoms with van der Waals surface area (Å²) in [7, 11) is 2.76. The highest BCUT2D eigenvalue weighted by Crippen LogP contribution is 2.16. The highest BCUT2D eigenvalue weighted by atomic mass is 17.2. The van der Waals surface area contributed by atoms with Crippen LogP contribution in [0.4, 0.5) is 0 Å². The van der Waals surface area contributed by atoms with Crippen molar-refractivity contribution in [2.45, 2.75) is 13.3 Å². The Bertz CT molecular complexity index is 681. The smallest absolute Gasteiger partial charge is 0.373 e. The first-order chi connectivity index (χ1) is 11.5. The van der Waals surface area contributed by atoms with Crippen LogP contribution in [0.2, 0.25) is 0 Å². The number of aryl methyl sites for hydroxylation is 1. The lowest BCUT2D eigenvalue weighted by atomic mass is 10.1. The largest absolute Gasteiger partial charge is 0.496 e. The molecule has 1 N–H and O–H groups in total. The standard InChI is InChI=1S/C10H12O3.C8H8O3/c1-3-8-6-4-5-7-9(8)10(11)13-12-2;1-11-7-5-3-2-4-6(7)8(9)10/h4-7H,3H2,1-2H3;2-5H,1H3,(H,9,10). The van der Waals surface area contributed by atoms with Gasteiger partial charge in [0.25, 0.3) is 0 Å². The molecule has 0 aliphatic rings. The molecule has 6 heteroatoms. The van der Waals surface area contributed by atoms with E-state index in [-0.39, 0.29) is 5.56 Å². The highest BCUT2D eigenvalue weighted by molar-refractivity contribution is 5.91. The molecule has 0 aliphatic carbocycles. The first-order valence-electron chi connectivity index (χ1n) is 7.24. The molecule has 0 heterocycles. The lowest BCUT2D eigenvalue weighted by Gasteiger charge is -2.04. The molecule has 24 heavy (non-hydrogen) atoms. The van der Waals surface area contributed by atoms with E-state index in [1.807, 2.05) is 19.1 Å². The van der Waals surface area contributed by atoms with Gasteiger partial charge in [-0.25, -0.2) is 9.59 Å². The third-order valence-electron chi connectivity index (χ3n) is 3.11. The fourth-order valence-electron chi connectivity index (χ4n) is 1.97. The van der Waals surface area contributed by atoms with E-state index in [4.69, 9.17) is 9.84 Å². The molecule has 0 atom stereocenters. The fraction of sp³-hybridized carbons (Fsp3) is 0.222. The van der Waals surface area contributed by atoms with Crippen LogP contribution in [-0.2, 0) is 16.2 Å². The zero-order valence-electron chi connectivity index (χ0n) is 13.8. The van der Waals surface area contributed by atoms with Crippen LogP contribution in [0.3, 0.4) is 0 Å². The molecule has 6 nitrogen and oxygen atoms in total. The van der Waals surface area contributed by atoms with Crippen LogP contribution in [0.1, 0.15) is 33.2 Å². The van der Waals surface area contributed by atoms with E-state index in [1.165, 1.54) is 20.3 Å². The summed E-state index contributed by atoms with van der Waals surface area (Å²) in [6.07, 6.45) is 0.801. The van der Waals surface area contributed by atoms with E-state index in [9.17, 15) is 9.59 Å². The van der Waals surface area contributed by atoms with Crippen LogP contribution in [0.5, 0.6) is 5.75 Å². The van der Waals surface area contributed by atoms with Crippen LogP contribution < -0.4 is 4.74 Å². The van der Waals surface area contributed by atoms with Crippen molar-refractivity contribution in [3.8, 4) is 5.75 Å². The molecule has 0 bridgehead atoms. The average Bonchev–Trinajstić information content (AvgIpc) is 2.62. The van der Waals surface area contributed by atoms with Crippen molar-refractivity contribution in [2.75, 3.05) is 14.2 Å². The molecule has 0 spiro atoms. The number of para-hydroxylation sites is 1. The fourth-order valence-corrected chi connectivity index (χ4v) is 1.97. The summed E-state index contributed by atoms with van der Waals surface area (Å²) < 4.78 is 4.83. The summed E-state index contributed by atoms with van der Waals surface area (Å²) in [6.45, 7) is 1.99. The molecular weight excluding hydrogens is 312 g/mol. The molecule has 0 unspecified atom stereocenters. The number of carbonyl (C=O) groups excluding carboxylic acids is 1. The van der Waals surface area contributed by atoms with Crippen LogP contribution in [0.15, 0.2) is 48.5 Å². The highest BCUT2D eigenvalue weighted by Gasteiger charge is 2.11. The van der Waals surface area contributed by atoms with Gasteiger partial charge in [0.2, 0.25) is 0 Å². The molecular formula is C18H20O6. The number of methoxy groups -OCH3 is 1. The maximum absolute atomic E-state index is 11.3. The van der Waals surface area contributed by atoms with Crippen molar-refractivity contribution < 1.29 is 29.2 Å². The zero-order valence-corrected chi connectivity index (χ0v) is 13.8. The predicted molar refractivity (Wildman–Crippen MR) is 88.2 cm³/mol. The summed E-state index contributed by atoms with van der Waals surface area (Å²) in [4.78, 5) is 30.5. The Balaban J connectivity index is 0.000000243. The second-order valence-corrected chi connectivity index (χ2v) is 4.55. The van der Waals surface area contributed by atoms with Gasteiger partial charge in [-0.2, -0.15) is 4.89 Å². The number of rotatable bonds is 5. The summed E-state index contributed by atoms with van der Waals surface area (Å²) in [5.41, 5.74) is 1.71. The number of benzene rings is 2. The summed E-state index contributed by atoms with van der Waals surface area (Å²) in [5.74, 6) is -1.03. The van der Waals surface area contributed by atoms with E-state index in [0.29, 0.717) is 11.3 Å². The monoisotopic (exact) mass is 332 g/mol. The minimum absolute atomic E-state index is 0.190. The molecule has 0 saturated heterocycles. The molecule has 0 fully saturated rings. The Morgan fingerprint density at radius 1 is 0.958 bits per heavy atom. The van der Waals surface area contributed by atoms with Gasteiger partial charge >= 0.3 is 11.9 Å². The Kier molecular flexibility index (Phi) is 8.01. The van der Waals surface area contributed by atoms with Gasteiger partial charge in [-0.3, -0.25) is 4.89 Å². The Hall–Kier alpha value is -2.86. The van der Waals surface area contributed by atoms with Crippen molar-refractivity contribution in [3.05, 3.63) is 65.2 Å². The Morgan fingerprint density at radius 2 is 1.54 bits per heavy atom. The number of hydrogen-bond acceptors (Lipinski definition) is 5. The molecule has 2 rings (SSSR count). The van der Waals surface area contributed by atoms with E-state index in [0.717, 1.165) is 12.0 Å². The van der Waals surface area contributed by atoms with Crippen molar-refractivity contribution >= 4 is 11.9 Å². The third kappa shape index (κ3) is 5.40. The molecule has 2 aromatic rings. The summed E-state index contributed by atoms with van der Waals surface area (Å²) in [6, 6.07) is 13.8. The van der Waals surface area contributed by atoms with E-state index < -0.39 is 11.9 Å². The second kappa shape index (κ2) is 10.0. The van der Waals surface area contributed by atoms with Crippen LogP contribution in [-0.4, -0.2) is 31.3 Å². The zero-order chi connectivity index (χ0) is 17.9. The van der Waals surface area contributed by atoms with Gasteiger partial charge < -0.3 is 9.84 Å². The maximum atomic E-state index is 11.3. The van der Waals surface area contributed by atoms with Gasteiger partial charge in [0, 0.05) is 0 Å². The van der Waals surface area contributed by atoms with E-state index >= 15 is 0 Å². The number of carboxylic acids is 1. The predicted octanol–water partition coefficient (Wildman–Crippen LogP) is 3.36. The summed E-state index contributed by atoms with van der Waals surface area (Å²) in [5, 5.41) is 8.62. The van der Waals surface area contributed by atoms with Crippen molar-refractivity contribution in [3.63, 3.8) is 0 Å². The molecule has 0 amide bonds. The molecule has 128 valence electrons. The normalized spacial score (nSPS) is 9.46. The van der Waals surface area contributed by atoms with Crippen molar-refractivity contribution in [1.82, 2.24) is 0 Å². The molecule has 0 aromatic heterocycles. The van der Waals surface area contributed by atoms with Crippen molar-refractivity contribution in [1.29, 1.82) is 0 Å². The Morgan fingerprint density at radius 3 is 2.04 bits per heavy atom. The molecule has 0 saturated carbocycles. The first kappa shape index (κ1) is 19.2. The molecule has 0 aliphatic heterocycles. The quantitative estimate of drug-likeness (QED) is 0.668. The number of carboxylic acid groups (broad SMARTS) is 1. The summed E-state index contributed by atoms with van der Waals surface area (Å²) >= 11 is 0. The lowest BCUT2D eigenvalue weighted by Crippen LogP contribution is -2.06. The maximum Gasteiger partial charge on any atom is 0.373 e. The van der Waals surface area contributed by atoms with Gasteiger partial charge in [-0.05, 0) is 30.2 Å². The van der Waals surface area contributed by atoms with Crippen LogP contribution in [0, 0.1) is 0 Å². The van der Waals surface area contributed by atoms with E-state index in [1.54, 1.807) is 30.3 Å². The van der Waals surface area contributed by atoms with Gasteiger partial charge in [0.05, 0.1) is 19.8 Å². The van der Waals surface area contributed by atoms with Gasteiger partial charge in [0.1, 0.15) is 11.3 Å². The van der Waals surface area contributed by atoms with Crippen LogP contribution >= 0.6 is 0 Å². The number of ether oxygens (including phenoxy) is 1. The Labute approximate surface area is 140 Å². The number of aromatic carboxylic acids is 1. The number of carbonyl (C=O) groups is 2. The topological polar surface area (TPSA) is 82.1 Å². The molecule has 2 aromatic carbocycles. The van der Waals surface area contributed by atoms with Gasteiger partial charge in [-0.15, -0.1) is 0 Å². The van der Waals surface area contributed by atoms with Gasteiger partial charge in [-0.1, -0.05) is 37.3 Å². The third-order valence-corrected chi connectivity index (χ3v) is 3.11. The molecule has 0 radical (unpaired) electrons. The average molecular weight is 332 g/mol. The lowest BCUT2D eigenvalue weighted by molar-refractivity contribution is -0.216. The SMILES string of the molecule is CCc1ccccc1C(=O)OOC.COc1ccccc1C(=O)O.